The van der Waals surface area contributed by atoms with Crippen molar-refractivity contribution in [2.45, 2.75) is 31.4 Å². The van der Waals surface area contributed by atoms with E-state index in [1.807, 2.05) is 0 Å². The smallest absolute Gasteiger partial charge is 0.326 e. The van der Waals surface area contributed by atoms with E-state index in [4.69, 9.17) is 21.4 Å². The zero-order valence-electron chi connectivity index (χ0n) is 10.7. The zero-order chi connectivity index (χ0) is 14.3. The topological polar surface area (TPSA) is 66.8 Å². The van der Waals surface area contributed by atoms with Gasteiger partial charge in [0.2, 0.25) is 0 Å². The van der Waals surface area contributed by atoms with Crippen molar-refractivity contribution in [1.82, 2.24) is 4.90 Å². The number of aliphatic carboxylic acids is 1. The van der Waals surface area contributed by atoms with Gasteiger partial charge < -0.3 is 14.7 Å². The largest absolute Gasteiger partial charge is 0.480 e. The van der Waals surface area contributed by atoms with Crippen molar-refractivity contribution in [1.29, 1.82) is 0 Å². The lowest BCUT2D eigenvalue weighted by Gasteiger charge is -2.24. The molecule has 2 aliphatic heterocycles. The van der Waals surface area contributed by atoms with Gasteiger partial charge in [-0.15, -0.1) is 0 Å². The molecular weight excluding hydrogens is 282 g/mol. The highest BCUT2D eigenvalue weighted by Gasteiger charge is 2.40. The molecule has 1 saturated heterocycles. The predicted molar refractivity (Wildman–Crippen MR) is 71.9 cm³/mol. The average molecular weight is 296 g/mol. The molecule has 2 aliphatic rings. The van der Waals surface area contributed by atoms with Gasteiger partial charge in [-0.2, -0.15) is 0 Å². The molecule has 3 rings (SSSR count). The van der Waals surface area contributed by atoms with Gasteiger partial charge in [0.05, 0.1) is 0 Å². The number of hydrogen-bond donors (Lipinski definition) is 1. The number of halogens is 1. The Hall–Kier alpha value is -1.75. The Balaban J connectivity index is 1.75. The Labute approximate surface area is 121 Å². The van der Waals surface area contributed by atoms with Crippen molar-refractivity contribution in [2.24, 2.45) is 0 Å². The van der Waals surface area contributed by atoms with Crippen LogP contribution in [0.5, 0.6) is 5.75 Å². The molecule has 6 heteroatoms. The molecule has 1 aromatic carbocycles. The van der Waals surface area contributed by atoms with E-state index in [0.717, 1.165) is 5.56 Å². The van der Waals surface area contributed by atoms with Crippen LogP contribution in [0.4, 0.5) is 0 Å². The van der Waals surface area contributed by atoms with Gasteiger partial charge in [-0.3, -0.25) is 4.79 Å². The molecule has 0 bridgehead atoms. The number of ether oxygens (including phenoxy) is 1. The highest BCUT2D eigenvalue weighted by atomic mass is 35.5. The number of rotatable bonds is 2. The molecule has 1 aromatic rings. The molecule has 1 unspecified atom stereocenters. The van der Waals surface area contributed by atoms with Crippen molar-refractivity contribution in [2.75, 3.05) is 6.54 Å². The van der Waals surface area contributed by atoms with Crippen LogP contribution in [0.1, 0.15) is 18.4 Å². The second-order valence-corrected chi connectivity index (χ2v) is 5.53. The number of fused-ring (bicyclic) bond motifs is 1. The van der Waals surface area contributed by atoms with E-state index < -0.39 is 18.1 Å². The van der Waals surface area contributed by atoms with Crippen molar-refractivity contribution in [3.05, 3.63) is 28.8 Å². The minimum Gasteiger partial charge on any atom is -0.480 e. The second-order valence-electron chi connectivity index (χ2n) is 5.09. The van der Waals surface area contributed by atoms with Crippen LogP contribution in [0.15, 0.2) is 18.2 Å². The number of nitrogens with zero attached hydrogens (tertiary/aromatic N) is 1. The summed E-state index contributed by atoms with van der Waals surface area (Å²) in [5, 5.41) is 9.74. The van der Waals surface area contributed by atoms with Crippen LogP contribution in [0.25, 0.3) is 0 Å². The van der Waals surface area contributed by atoms with Crippen LogP contribution in [0, 0.1) is 0 Å². The van der Waals surface area contributed by atoms with Crippen molar-refractivity contribution >= 4 is 23.5 Å². The Kier molecular flexibility index (Phi) is 3.30. The third kappa shape index (κ3) is 2.22. The Morgan fingerprint density at radius 1 is 1.40 bits per heavy atom. The Morgan fingerprint density at radius 3 is 2.95 bits per heavy atom. The number of likely N-dealkylation sites (tertiary alicyclic amines) is 1. The summed E-state index contributed by atoms with van der Waals surface area (Å²) in [5.74, 6) is -0.546. The highest BCUT2D eigenvalue weighted by molar-refractivity contribution is 6.30. The average Bonchev–Trinajstić information content (AvgIpc) is 3.03. The van der Waals surface area contributed by atoms with Crippen molar-refractivity contribution in [3.63, 3.8) is 0 Å². The summed E-state index contributed by atoms with van der Waals surface area (Å²) in [6.45, 7) is 0.479. The third-order valence-electron chi connectivity index (χ3n) is 3.79. The normalized spacial score (nSPS) is 24.4. The fraction of sp³-hybridized carbons (Fsp3) is 0.429. The standard InChI is InChI=1S/C14H14ClNO4/c15-9-3-4-11-8(6-9)7-12(20-11)13(17)16-5-1-2-10(16)14(18)19/h3-4,6,10,12H,1-2,5,7H2,(H,18,19)/t10-,12?/m1/s1. The number of amides is 1. The van der Waals surface area contributed by atoms with E-state index in [2.05, 4.69) is 0 Å². The molecule has 1 amide bonds. The number of benzene rings is 1. The fourth-order valence-corrected chi connectivity index (χ4v) is 3.02. The third-order valence-corrected chi connectivity index (χ3v) is 4.03. The van der Waals surface area contributed by atoms with Gasteiger partial charge in [0.25, 0.3) is 5.91 Å². The molecule has 0 aliphatic carbocycles. The van der Waals surface area contributed by atoms with Gasteiger partial charge in [-0.05, 0) is 36.6 Å². The van der Waals surface area contributed by atoms with Gasteiger partial charge >= 0.3 is 5.97 Å². The minimum atomic E-state index is -0.950. The van der Waals surface area contributed by atoms with Gasteiger partial charge in [-0.25, -0.2) is 4.79 Å². The minimum absolute atomic E-state index is 0.248. The lowest BCUT2D eigenvalue weighted by atomic mass is 10.1. The van der Waals surface area contributed by atoms with E-state index >= 15 is 0 Å². The van der Waals surface area contributed by atoms with Gasteiger partial charge in [0, 0.05) is 18.0 Å². The molecule has 0 radical (unpaired) electrons. The summed E-state index contributed by atoms with van der Waals surface area (Å²) >= 11 is 5.91. The highest BCUT2D eigenvalue weighted by Crippen LogP contribution is 2.32. The monoisotopic (exact) mass is 295 g/mol. The lowest BCUT2D eigenvalue weighted by Crippen LogP contribution is -2.46. The number of carboxylic acids is 1. The molecule has 2 heterocycles. The Bertz CT molecular complexity index is 574. The number of hydrogen-bond acceptors (Lipinski definition) is 3. The molecular formula is C14H14ClNO4. The maximum Gasteiger partial charge on any atom is 0.326 e. The van der Waals surface area contributed by atoms with Gasteiger partial charge in [0.1, 0.15) is 11.8 Å². The van der Waals surface area contributed by atoms with Gasteiger partial charge in [0.15, 0.2) is 6.10 Å². The molecule has 5 nitrogen and oxygen atoms in total. The van der Waals surface area contributed by atoms with Crippen LogP contribution in [-0.2, 0) is 16.0 Å². The summed E-state index contributed by atoms with van der Waals surface area (Å²) in [6.07, 6.45) is 1.03. The number of carbonyl (C=O) groups is 2. The van der Waals surface area contributed by atoms with Crippen LogP contribution in [0.2, 0.25) is 5.02 Å². The van der Waals surface area contributed by atoms with Crippen LogP contribution in [-0.4, -0.2) is 40.6 Å². The van der Waals surface area contributed by atoms with Crippen LogP contribution < -0.4 is 4.74 Å². The van der Waals surface area contributed by atoms with Crippen molar-refractivity contribution in [3.8, 4) is 5.75 Å². The van der Waals surface area contributed by atoms with Gasteiger partial charge in [-0.1, -0.05) is 11.6 Å². The zero-order valence-corrected chi connectivity index (χ0v) is 11.5. The maximum atomic E-state index is 12.4. The second kappa shape index (κ2) is 4.98. The van der Waals surface area contributed by atoms with Crippen molar-refractivity contribution < 1.29 is 19.4 Å². The first-order chi connectivity index (χ1) is 9.56. The molecule has 1 fully saturated rings. The molecule has 1 N–H and O–H groups in total. The fourth-order valence-electron chi connectivity index (χ4n) is 2.83. The van der Waals surface area contributed by atoms with E-state index in [9.17, 15) is 9.59 Å². The number of carbonyl (C=O) groups excluding carboxylic acids is 1. The molecule has 106 valence electrons. The summed E-state index contributed by atoms with van der Waals surface area (Å²) in [4.78, 5) is 25.0. The predicted octanol–water partition coefficient (Wildman–Crippen LogP) is 1.72. The van der Waals surface area contributed by atoms with E-state index in [0.29, 0.717) is 36.6 Å². The molecule has 0 saturated carbocycles. The first-order valence-corrected chi connectivity index (χ1v) is 6.92. The maximum absolute atomic E-state index is 12.4. The van der Waals surface area contributed by atoms with Crippen LogP contribution >= 0.6 is 11.6 Å². The lowest BCUT2D eigenvalue weighted by molar-refractivity contribution is -0.150. The first kappa shape index (κ1) is 13.2. The molecule has 0 aromatic heterocycles. The number of carboxylic acid groups (broad SMARTS) is 1. The van der Waals surface area contributed by atoms with Crippen LogP contribution in [0.3, 0.4) is 0 Å². The SMILES string of the molecule is O=C(O)[C@H]1CCCN1C(=O)C1Cc2cc(Cl)ccc2O1. The summed E-state index contributed by atoms with van der Waals surface area (Å²) in [7, 11) is 0. The van der Waals surface area contributed by atoms with E-state index in [1.165, 1.54) is 4.90 Å². The van der Waals surface area contributed by atoms with E-state index in [-0.39, 0.29) is 5.91 Å². The summed E-state index contributed by atoms with van der Waals surface area (Å²) in [6, 6.07) is 4.51. The molecule has 0 spiro atoms. The molecule has 2 atom stereocenters. The quantitative estimate of drug-likeness (QED) is 0.902. The summed E-state index contributed by atoms with van der Waals surface area (Å²) < 4.78 is 5.62. The summed E-state index contributed by atoms with van der Waals surface area (Å²) in [5.41, 5.74) is 0.891. The van der Waals surface area contributed by atoms with E-state index in [1.54, 1.807) is 18.2 Å². The molecule has 20 heavy (non-hydrogen) atoms. The first-order valence-electron chi connectivity index (χ1n) is 6.54. The Morgan fingerprint density at radius 2 is 2.20 bits per heavy atom.